The van der Waals surface area contributed by atoms with Gasteiger partial charge < -0.3 is 15.4 Å². The summed E-state index contributed by atoms with van der Waals surface area (Å²) in [7, 11) is 0. The Morgan fingerprint density at radius 1 is 1.07 bits per heavy atom. The van der Waals surface area contributed by atoms with Gasteiger partial charge >= 0.3 is 5.97 Å². The molecule has 0 saturated carbocycles. The van der Waals surface area contributed by atoms with E-state index in [9.17, 15) is 14.4 Å². The number of esters is 1. The number of nitrogens with one attached hydrogen (secondary N) is 2. The third-order valence-electron chi connectivity index (χ3n) is 4.49. The summed E-state index contributed by atoms with van der Waals surface area (Å²) in [5.74, 6) is -1.04. The van der Waals surface area contributed by atoms with Crippen molar-refractivity contribution in [3.05, 3.63) is 47.7 Å². The maximum Gasteiger partial charge on any atom is 0.326 e. The Balaban J connectivity index is 1.84. The topological polar surface area (TPSA) is 102 Å². The standard InChI is InChI=1S/C22H30N4O4/c1-14(2)26-18(11-12-24-26)25-20(28)15(3)30-19(27)13-23-21(29)16-7-9-17(10-8-16)22(4,5)6/h7-12,14-15H,13H2,1-6H3,(H,23,29)(H,25,28)/t15-/m1/s1. The van der Waals surface area contributed by atoms with E-state index in [1.54, 1.807) is 29.1 Å². The average Bonchev–Trinajstić information content (AvgIpc) is 3.13. The summed E-state index contributed by atoms with van der Waals surface area (Å²) in [5, 5.41) is 9.33. The highest BCUT2D eigenvalue weighted by atomic mass is 16.5. The first-order valence-corrected chi connectivity index (χ1v) is 9.91. The third-order valence-corrected chi connectivity index (χ3v) is 4.49. The van der Waals surface area contributed by atoms with E-state index in [0.29, 0.717) is 11.4 Å². The van der Waals surface area contributed by atoms with Gasteiger partial charge in [0.1, 0.15) is 12.4 Å². The first-order chi connectivity index (χ1) is 14.0. The predicted molar refractivity (Wildman–Crippen MR) is 114 cm³/mol. The van der Waals surface area contributed by atoms with Crippen molar-refractivity contribution in [3.8, 4) is 0 Å². The second-order valence-electron chi connectivity index (χ2n) is 8.39. The Morgan fingerprint density at radius 2 is 1.70 bits per heavy atom. The summed E-state index contributed by atoms with van der Waals surface area (Å²) in [6.07, 6.45) is 0.562. The van der Waals surface area contributed by atoms with Gasteiger partial charge in [-0.3, -0.25) is 14.4 Å². The Kier molecular flexibility index (Phi) is 7.37. The van der Waals surface area contributed by atoms with Crippen LogP contribution in [-0.2, 0) is 19.7 Å². The van der Waals surface area contributed by atoms with E-state index in [1.807, 2.05) is 26.0 Å². The largest absolute Gasteiger partial charge is 0.451 e. The second kappa shape index (κ2) is 9.56. The quantitative estimate of drug-likeness (QED) is 0.678. The molecule has 2 aromatic rings. The van der Waals surface area contributed by atoms with Gasteiger partial charge in [0.2, 0.25) is 0 Å². The molecule has 1 heterocycles. The van der Waals surface area contributed by atoms with Gasteiger partial charge in [-0.25, -0.2) is 4.68 Å². The minimum absolute atomic E-state index is 0.0115. The van der Waals surface area contributed by atoms with Gasteiger partial charge in [0, 0.05) is 17.7 Å². The molecule has 0 bridgehead atoms. The predicted octanol–water partition coefficient (Wildman–Crippen LogP) is 3.06. The first kappa shape index (κ1) is 23.1. The highest BCUT2D eigenvalue weighted by Crippen LogP contribution is 2.22. The Morgan fingerprint density at radius 3 is 2.27 bits per heavy atom. The molecule has 8 heteroatoms. The van der Waals surface area contributed by atoms with Crippen LogP contribution >= 0.6 is 0 Å². The number of anilines is 1. The maximum absolute atomic E-state index is 12.3. The molecule has 2 amide bonds. The van der Waals surface area contributed by atoms with Crippen LogP contribution < -0.4 is 10.6 Å². The van der Waals surface area contributed by atoms with Gasteiger partial charge in [0.25, 0.3) is 11.8 Å². The van der Waals surface area contributed by atoms with Crippen LogP contribution in [0.25, 0.3) is 0 Å². The summed E-state index contributed by atoms with van der Waals surface area (Å²) in [5.41, 5.74) is 1.54. The Labute approximate surface area is 177 Å². The van der Waals surface area contributed by atoms with Crippen molar-refractivity contribution in [2.75, 3.05) is 11.9 Å². The fraction of sp³-hybridized carbons (Fsp3) is 0.455. The normalized spacial score (nSPS) is 12.4. The number of carbonyl (C=O) groups excluding carboxylic acids is 3. The van der Waals surface area contributed by atoms with E-state index < -0.39 is 18.0 Å². The zero-order valence-corrected chi connectivity index (χ0v) is 18.4. The average molecular weight is 415 g/mol. The van der Waals surface area contributed by atoms with Crippen LogP contribution in [0.2, 0.25) is 0 Å². The fourth-order valence-electron chi connectivity index (χ4n) is 2.72. The summed E-state index contributed by atoms with van der Waals surface area (Å²) < 4.78 is 6.77. The van der Waals surface area contributed by atoms with Crippen molar-refractivity contribution in [2.45, 2.75) is 59.1 Å². The molecule has 0 radical (unpaired) electrons. The number of rotatable bonds is 7. The lowest BCUT2D eigenvalue weighted by atomic mass is 9.87. The summed E-state index contributed by atoms with van der Waals surface area (Å²) in [4.78, 5) is 36.5. The zero-order valence-electron chi connectivity index (χ0n) is 18.4. The zero-order chi connectivity index (χ0) is 22.5. The van der Waals surface area contributed by atoms with Crippen LogP contribution in [0.4, 0.5) is 5.82 Å². The molecule has 0 aliphatic heterocycles. The number of hydrogen-bond donors (Lipinski definition) is 2. The number of aromatic nitrogens is 2. The molecule has 2 rings (SSSR count). The Hall–Kier alpha value is -3.16. The van der Waals surface area contributed by atoms with Crippen LogP contribution in [0.3, 0.4) is 0 Å². The van der Waals surface area contributed by atoms with Crippen molar-refractivity contribution in [2.24, 2.45) is 0 Å². The van der Waals surface area contributed by atoms with E-state index in [0.717, 1.165) is 5.56 Å². The van der Waals surface area contributed by atoms with Crippen LogP contribution in [0.1, 0.15) is 63.5 Å². The van der Waals surface area contributed by atoms with Crippen molar-refractivity contribution in [1.82, 2.24) is 15.1 Å². The maximum atomic E-state index is 12.3. The molecule has 162 valence electrons. The number of amides is 2. The lowest BCUT2D eigenvalue weighted by molar-refractivity contribution is -0.152. The lowest BCUT2D eigenvalue weighted by Crippen LogP contribution is -2.36. The fourth-order valence-corrected chi connectivity index (χ4v) is 2.72. The van der Waals surface area contributed by atoms with Gasteiger partial charge in [-0.1, -0.05) is 32.9 Å². The van der Waals surface area contributed by atoms with E-state index >= 15 is 0 Å². The molecule has 1 aromatic heterocycles. The van der Waals surface area contributed by atoms with Gasteiger partial charge in [0.15, 0.2) is 6.10 Å². The minimum Gasteiger partial charge on any atom is -0.451 e. The molecular weight excluding hydrogens is 384 g/mol. The van der Waals surface area contributed by atoms with Crippen molar-refractivity contribution in [3.63, 3.8) is 0 Å². The van der Waals surface area contributed by atoms with Gasteiger partial charge in [-0.2, -0.15) is 5.10 Å². The highest BCUT2D eigenvalue weighted by molar-refractivity contribution is 5.97. The molecule has 0 saturated heterocycles. The molecule has 0 aliphatic carbocycles. The molecule has 1 aromatic carbocycles. The molecule has 1 atom stereocenters. The van der Waals surface area contributed by atoms with Crippen LogP contribution in [0.5, 0.6) is 0 Å². The Bertz CT molecular complexity index is 895. The van der Waals surface area contributed by atoms with Crippen LogP contribution in [0, 0.1) is 0 Å². The minimum atomic E-state index is -1.02. The molecule has 30 heavy (non-hydrogen) atoms. The summed E-state index contributed by atoms with van der Waals surface area (Å²) >= 11 is 0. The van der Waals surface area contributed by atoms with E-state index in [1.165, 1.54) is 6.92 Å². The van der Waals surface area contributed by atoms with Crippen molar-refractivity contribution < 1.29 is 19.1 Å². The molecule has 0 spiro atoms. The van der Waals surface area contributed by atoms with Crippen LogP contribution in [-0.4, -0.2) is 40.2 Å². The van der Waals surface area contributed by atoms with E-state index in [2.05, 4.69) is 36.5 Å². The molecule has 2 N–H and O–H groups in total. The molecular formula is C22H30N4O4. The van der Waals surface area contributed by atoms with E-state index in [4.69, 9.17) is 4.74 Å². The monoisotopic (exact) mass is 414 g/mol. The van der Waals surface area contributed by atoms with Gasteiger partial charge in [-0.15, -0.1) is 0 Å². The number of benzene rings is 1. The molecule has 0 fully saturated rings. The number of ether oxygens (including phenoxy) is 1. The molecule has 0 aliphatic rings. The molecule has 8 nitrogen and oxygen atoms in total. The van der Waals surface area contributed by atoms with Gasteiger partial charge in [-0.05, 0) is 43.9 Å². The van der Waals surface area contributed by atoms with Gasteiger partial charge in [0.05, 0.1) is 6.20 Å². The number of hydrogen-bond acceptors (Lipinski definition) is 5. The number of nitrogens with zero attached hydrogens (tertiary/aromatic N) is 2. The second-order valence-corrected chi connectivity index (χ2v) is 8.39. The molecule has 0 unspecified atom stereocenters. The summed E-state index contributed by atoms with van der Waals surface area (Å²) in [6.45, 7) is 11.3. The number of carbonyl (C=O) groups is 3. The smallest absolute Gasteiger partial charge is 0.326 e. The van der Waals surface area contributed by atoms with E-state index in [-0.39, 0.29) is 23.9 Å². The first-order valence-electron chi connectivity index (χ1n) is 9.91. The van der Waals surface area contributed by atoms with Crippen LogP contribution in [0.15, 0.2) is 36.5 Å². The third kappa shape index (κ3) is 6.17. The summed E-state index contributed by atoms with van der Waals surface area (Å²) in [6, 6.07) is 8.95. The highest BCUT2D eigenvalue weighted by Gasteiger charge is 2.20. The lowest BCUT2D eigenvalue weighted by Gasteiger charge is -2.19. The van der Waals surface area contributed by atoms with Crippen molar-refractivity contribution in [1.29, 1.82) is 0 Å². The SMILES string of the molecule is CC(C)n1nccc1NC(=O)[C@@H](C)OC(=O)CNC(=O)c1ccc(C(C)(C)C)cc1. The van der Waals surface area contributed by atoms with Crippen molar-refractivity contribution >= 4 is 23.6 Å².